The van der Waals surface area contributed by atoms with Crippen molar-refractivity contribution in [3.8, 4) is 0 Å². The number of alkyl halides is 5. The molecule has 156 valence electrons. The van der Waals surface area contributed by atoms with Gasteiger partial charge in [-0.3, -0.25) is 0 Å². The first-order valence-corrected chi connectivity index (χ1v) is 9.31. The lowest BCUT2D eigenvalue weighted by atomic mass is 10.1. The molecule has 0 bridgehead atoms. The maximum Gasteiger partial charge on any atom is 0.435 e. The van der Waals surface area contributed by atoms with E-state index in [0.717, 1.165) is 6.20 Å². The summed E-state index contributed by atoms with van der Waals surface area (Å²) in [5, 5.41) is 0.646. The second kappa shape index (κ2) is 6.90. The first-order valence-electron chi connectivity index (χ1n) is 9.31. The van der Waals surface area contributed by atoms with Crippen LogP contribution >= 0.6 is 0 Å². The van der Waals surface area contributed by atoms with E-state index in [4.69, 9.17) is 0 Å². The van der Waals surface area contributed by atoms with Crippen molar-refractivity contribution in [2.45, 2.75) is 38.4 Å². The molecule has 0 radical (unpaired) electrons. The number of fused-ring (bicyclic) bond motifs is 3. The summed E-state index contributed by atoms with van der Waals surface area (Å²) in [4.78, 5) is 5.35. The zero-order valence-corrected chi connectivity index (χ0v) is 15.7. The van der Waals surface area contributed by atoms with Crippen LogP contribution in [-0.4, -0.2) is 40.0 Å². The molecule has 3 heterocycles. The van der Waals surface area contributed by atoms with Crippen LogP contribution in [0.2, 0.25) is 0 Å². The minimum atomic E-state index is -4.67. The third kappa shape index (κ3) is 3.68. The normalized spacial score (nSPS) is 18.0. The van der Waals surface area contributed by atoms with E-state index in [-0.39, 0.29) is 43.4 Å². The van der Waals surface area contributed by atoms with Gasteiger partial charge in [0.1, 0.15) is 5.82 Å². The van der Waals surface area contributed by atoms with Crippen molar-refractivity contribution in [2.75, 3.05) is 19.6 Å². The summed E-state index contributed by atoms with van der Waals surface area (Å²) < 4.78 is 83.2. The number of hydrogen-bond donors (Lipinski definition) is 0. The molecule has 0 N–H and O–H groups in total. The van der Waals surface area contributed by atoms with E-state index in [9.17, 15) is 26.3 Å². The molecule has 1 saturated heterocycles. The van der Waals surface area contributed by atoms with Crippen LogP contribution in [0, 0.1) is 12.7 Å². The average molecular weight is 415 g/mol. The van der Waals surface area contributed by atoms with Gasteiger partial charge in [-0.05, 0) is 30.7 Å². The maximum atomic E-state index is 14.1. The van der Waals surface area contributed by atoms with E-state index in [2.05, 4.69) is 4.98 Å². The van der Waals surface area contributed by atoms with Gasteiger partial charge in [0.25, 0.3) is 5.92 Å². The Balaban J connectivity index is 1.81. The summed E-state index contributed by atoms with van der Waals surface area (Å²) in [7, 11) is 0. The molecule has 29 heavy (non-hydrogen) atoms. The Kier molecular flexibility index (Phi) is 4.76. The monoisotopic (exact) mass is 415 g/mol. The SMILES string of the molecule is Cc1cc2c(cc1F)c1ccnc(C(F)(F)F)c1n2CCN1CCC(F)(F)CC1. The van der Waals surface area contributed by atoms with Gasteiger partial charge >= 0.3 is 6.18 Å². The number of benzene rings is 1. The molecule has 0 atom stereocenters. The standard InChI is InChI=1S/C20H19F6N3/c1-12-10-16-14(11-15(12)21)13-2-5-27-18(20(24,25)26)17(13)29(16)9-8-28-6-3-19(22,23)4-7-28/h2,5,10-11H,3-4,6-9H2,1H3. The van der Waals surface area contributed by atoms with Crippen molar-refractivity contribution < 1.29 is 26.3 Å². The summed E-state index contributed by atoms with van der Waals surface area (Å²) in [6.07, 6.45) is -4.13. The predicted octanol–water partition coefficient (Wildman–Crippen LogP) is 5.39. The Bertz CT molecular complexity index is 1060. The van der Waals surface area contributed by atoms with Gasteiger partial charge < -0.3 is 9.47 Å². The Labute approximate surface area is 162 Å². The van der Waals surface area contributed by atoms with Crippen LogP contribution < -0.4 is 0 Å². The fourth-order valence-corrected chi connectivity index (χ4v) is 3.96. The van der Waals surface area contributed by atoms with Gasteiger partial charge in [0.2, 0.25) is 0 Å². The largest absolute Gasteiger partial charge is 0.435 e. The van der Waals surface area contributed by atoms with E-state index in [1.54, 1.807) is 6.92 Å². The zero-order valence-electron chi connectivity index (χ0n) is 15.7. The molecule has 2 aromatic heterocycles. The Morgan fingerprint density at radius 2 is 1.76 bits per heavy atom. The third-order valence-corrected chi connectivity index (χ3v) is 5.55. The van der Waals surface area contributed by atoms with Gasteiger partial charge in [-0.25, -0.2) is 18.2 Å². The number of pyridine rings is 1. The summed E-state index contributed by atoms with van der Waals surface area (Å²) in [5.74, 6) is -3.19. The van der Waals surface area contributed by atoms with Gasteiger partial charge in [0.05, 0.1) is 5.52 Å². The Morgan fingerprint density at radius 1 is 1.07 bits per heavy atom. The second-order valence-corrected chi connectivity index (χ2v) is 7.52. The van der Waals surface area contributed by atoms with Crippen molar-refractivity contribution in [3.63, 3.8) is 0 Å². The van der Waals surface area contributed by atoms with E-state index >= 15 is 0 Å². The van der Waals surface area contributed by atoms with E-state index < -0.39 is 23.6 Å². The molecule has 4 rings (SSSR count). The molecule has 0 unspecified atom stereocenters. The molecule has 3 nitrogen and oxygen atoms in total. The predicted molar refractivity (Wildman–Crippen MR) is 97.6 cm³/mol. The number of likely N-dealkylation sites (tertiary alicyclic amines) is 1. The van der Waals surface area contributed by atoms with Gasteiger partial charge in [0, 0.05) is 61.5 Å². The highest BCUT2D eigenvalue weighted by molar-refractivity contribution is 6.09. The lowest BCUT2D eigenvalue weighted by Gasteiger charge is -2.31. The van der Waals surface area contributed by atoms with Crippen molar-refractivity contribution in [1.29, 1.82) is 0 Å². The molecule has 9 heteroatoms. The number of aryl methyl sites for hydroxylation is 1. The first-order chi connectivity index (χ1) is 13.6. The fraction of sp³-hybridized carbons (Fsp3) is 0.450. The van der Waals surface area contributed by atoms with Gasteiger partial charge in [0.15, 0.2) is 5.69 Å². The molecule has 0 spiro atoms. The van der Waals surface area contributed by atoms with Crippen molar-refractivity contribution >= 4 is 21.8 Å². The minimum Gasteiger partial charge on any atom is -0.337 e. The summed E-state index contributed by atoms with van der Waals surface area (Å²) in [6, 6.07) is 4.21. The highest BCUT2D eigenvalue weighted by Gasteiger charge is 2.37. The molecule has 0 amide bonds. The Hall–Kier alpha value is -2.29. The van der Waals surface area contributed by atoms with Gasteiger partial charge in [-0.15, -0.1) is 0 Å². The fourth-order valence-electron chi connectivity index (χ4n) is 3.96. The number of nitrogens with zero attached hydrogens (tertiary/aromatic N) is 3. The van der Waals surface area contributed by atoms with Crippen molar-refractivity contribution in [3.05, 3.63) is 41.5 Å². The van der Waals surface area contributed by atoms with Gasteiger partial charge in [-0.1, -0.05) is 0 Å². The van der Waals surface area contributed by atoms with Crippen LogP contribution in [0.4, 0.5) is 26.3 Å². The highest BCUT2D eigenvalue weighted by Crippen LogP contribution is 2.38. The Morgan fingerprint density at radius 3 is 2.41 bits per heavy atom. The third-order valence-electron chi connectivity index (χ3n) is 5.55. The second-order valence-electron chi connectivity index (χ2n) is 7.52. The molecule has 3 aromatic rings. The molecular formula is C20H19F6N3. The first kappa shape index (κ1) is 20.0. The van der Waals surface area contributed by atoms with Crippen LogP contribution in [0.3, 0.4) is 0 Å². The average Bonchev–Trinajstić information content (AvgIpc) is 2.93. The van der Waals surface area contributed by atoms with Crippen molar-refractivity contribution in [2.24, 2.45) is 0 Å². The number of hydrogen-bond acceptors (Lipinski definition) is 2. The lowest BCUT2D eigenvalue weighted by Crippen LogP contribution is -2.40. The summed E-state index contributed by atoms with van der Waals surface area (Å²) in [5.41, 5.74) is -0.350. The van der Waals surface area contributed by atoms with E-state index in [1.165, 1.54) is 22.8 Å². The van der Waals surface area contributed by atoms with Crippen LogP contribution in [0.15, 0.2) is 24.4 Å². The van der Waals surface area contributed by atoms with Crippen molar-refractivity contribution in [1.82, 2.24) is 14.5 Å². The van der Waals surface area contributed by atoms with Crippen LogP contribution in [-0.2, 0) is 12.7 Å². The molecule has 1 aromatic carbocycles. The van der Waals surface area contributed by atoms with Crippen LogP contribution in [0.5, 0.6) is 0 Å². The number of rotatable bonds is 3. The molecule has 0 aliphatic carbocycles. The number of halogens is 6. The highest BCUT2D eigenvalue weighted by atomic mass is 19.4. The van der Waals surface area contributed by atoms with E-state index in [0.29, 0.717) is 23.0 Å². The minimum absolute atomic E-state index is 0.109. The van der Waals surface area contributed by atoms with Crippen LogP contribution in [0.1, 0.15) is 24.1 Å². The topological polar surface area (TPSA) is 21.1 Å². The van der Waals surface area contributed by atoms with Crippen LogP contribution in [0.25, 0.3) is 21.8 Å². The van der Waals surface area contributed by atoms with E-state index in [1.807, 2.05) is 4.90 Å². The zero-order chi connectivity index (χ0) is 21.0. The molecule has 1 fully saturated rings. The summed E-state index contributed by atoms with van der Waals surface area (Å²) in [6.45, 7) is 2.39. The maximum absolute atomic E-state index is 14.1. The summed E-state index contributed by atoms with van der Waals surface area (Å²) >= 11 is 0. The molecule has 1 aliphatic rings. The molecular weight excluding hydrogens is 396 g/mol. The quantitative estimate of drug-likeness (QED) is 0.535. The molecule has 0 saturated carbocycles. The smallest absolute Gasteiger partial charge is 0.337 e. The lowest BCUT2D eigenvalue weighted by molar-refractivity contribution is -0.140. The number of aromatic nitrogens is 2. The number of piperidine rings is 1. The van der Waals surface area contributed by atoms with Gasteiger partial charge in [-0.2, -0.15) is 13.2 Å². The molecule has 1 aliphatic heterocycles.